The molecule has 2 nitrogen and oxygen atoms in total. The van der Waals surface area contributed by atoms with E-state index in [-0.39, 0.29) is 12.6 Å². The molecule has 1 radical (unpaired) electrons. The van der Waals surface area contributed by atoms with E-state index in [1.807, 2.05) is 6.92 Å². The lowest BCUT2D eigenvalue weighted by atomic mass is 10.2. The number of hydrogen-bond acceptors (Lipinski definition) is 2. The summed E-state index contributed by atoms with van der Waals surface area (Å²) < 4.78 is 0. The summed E-state index contributed by atoms with van der Waals surface area (Å²) in [5.41, 5.74) is 0. The van der Waals surface area contributed by atoms with Crippen LogP contribution in [0, 0.1) is 7.05 Å². The third-order valence-corrected chi connectivity index (χ3v) is 1.00. The Morgan fingerprint density at radius 3 is 2.43 bits per heavy atom. The molecule has 2 N–H and O–H groups in total. The van der Waals surface area contributed by atoms with Crippen LogP contribution in [0.2, 0.25) is 0 Å². The average Bonchev–Trinajstić information content (AvgIpc) is 1.72. The fraction of sp³-hybridized carbons (Fsp3) is 0.800. The zero-order chi connectivity index (χ0) is 5.70. The van der Waals surface area contributed by atoms with Gasteiger partial charge in [0.25, 0.3) is 0 Å². The van der Waals surface area contributed by atoms with Gasteiger partial charge in [-0.05, 0) is 6.42 Å². The van der Waals surface area contributed by atoms with Crippen molar-refractivity contribution in [3.63, 3.8) is 0 Å². The summed E-state index contributed by atoms with van der Waals surface area (Å²) in [5, 5.41) is 11.1. The van der Waals surface area contributed by atoms with Crippen LogP contribution in [0.3, 0.4) is 0 Å². The van der Waals surface area contributed by atoms with Crippen molar-refractivity contribution in [2.75, 3.05) is 6.61 Å². The molecule has 0 spiro atoms. The summed E-state index contributed by atoms with van der Waals surface area (Å²) in [6.45, 7) is 2.18. The number of aliphatic hydroxyl groups excluding tert-OH is 1. The van der Waals surface area contributed by atoms with Crippen molar-refractivity contribution in [1.82, 2.24) is 5.32 Å². The Kier molecular flexibility index (Phi) is 4.04. The molecular weight excluding hydrogens is 90.1 g/mol. The van der Waals surface area contributed by atoms with Crippen LogP contribution in [-0.2, 0) is 0 Å². The highest BCUT2D eigenvalue weighted by atomic mass is 16.3. The molecule has 0 saturated heterocycles. The lowest BCUT2D eigenvalue weighted by Crippen LogP contribution is -2.25. The molecule has 0 rings (SSSR count). The molecule has 1 unspecified atom stereocenters. The molecule has 0 amide bonds. The van der Waals surface area contributed by atoms with Crippen molar-refractivity contribution in [3.8, 4) is 0 Å². The lowest BCUT2D eigenvalue weighted by Gasteiger charge is -2.06. The first-order chi connectivity index (χ1) is 3.35. The summed E-state index contributed by atoms with van der Waals surface area (Å²) in [6, 6.07) is 0.181. The highest BCUT2D eigenvalue weighted by Gasteiger charge is 1.96. The van der Waals surface area contributed by atoms with Gasteiger partial charge in [0.1, 0.15) is 0 Å². The van der Waals surface area contributed by atoms with Crippen molar-refractivity contribution in [2.24, 2.45) is 0 Å². The van der Waals surface area contributed by atoms with E-state index in [1.54, 1.807) is 0 Å². The van der Waals surface area contributed by atoms with E-state index >= 15 is 0 Å². The normalized spacial score (nSPS) is 14.1. The molecule has 0 fully saturated rings. The van der Waals surface area contributed by atoms with E-state index in [0.717, 1.165) is 6.42 Å². The minimum absolute atomic E-state index is 0.181. The highest BCUT2D eigenvalue weighted by molar-refractivity contribution is 4.59. The first-order valence-corrected chi connectivity index (χ1v) is 2.48. The minimum atomic E-state index is 0.181. The van der Waals surface area contributed by atoms with Gasteiger partial charge in [-0.15, -0.1) is 0 Å². The second-order valence-corrected chi connectivity index (χ2v) is 1.49. The van der Waals surface area contributed by atoms with Gasteiger partial charge in [0.15, 0.2) is 0 Å². The van der Waals surface area contributed by atoms with Crippen LogP contribution in [0.25, 0.3) is 0 Å². The molecule has 0 aliphatic carbocycles. The summed E-state index contributed by atoms with van der Waals surface area (Å²) >= 11 is 0. The van der Waals surface area contributed by atoms with Gasteiger partial charge in [0.05, 0.1) is 6.61 Å². The molecule has 0 aromatic heterocycles. The van der Waals surface area contributed by atoms with Gasteiger partial charge >= 0.3 is 0 Å². The fourth-order valence-corrected chi connectivity index (χ4v) is 0.338. The van der Waals surface area contributed by atoms with Crippen molar-refractivity contribution >= 4 is 0 Å². The van der Waals surface area contributed by atoms with Crippen LogP contribution in [0.1, 0.15) is 13.3 Å². The highest BCUT2D eigenvalue weighted by Crippen LogP contribution is 1.84. The van der Waals surface area contributed by atoms with E-state index in [4.69, 9.17) is 5.11 Å². The Labute approximate surface area is 44.5 Å². The smallest absolute Gasteiger partial charge is 0.0584 e. The van der Waals surface area contributed by atoms with Gasteiger partial charge in [-0.1, -0.05) is 6.92 Å². The average molecular weight is 102 g/mol. The number of hydrogen-bond donors (Lipinski definition) is 2. The largest absolute Gasteiger partial charge is 0.395 e. The first-order valence-electron chi connectivity index (χ1n) is 2.48. The molecule has 1 atom stereocenters. The van der Waals surface area contributed by atoms with Gasteiger partial charge < -0.3 is 10.4 Å². The fourth-order valence-electron chi connectivity index (χ4n) is 0.338. The van der Waals surface area contributed by atoms with Crippen LogP contribution in [0.5, 0.6) is 0 Å². The Hall–Kier alpha value is -0.0800. The van der Waals surface area contributed by atoms with Crippen molar-refractivity contribution in [1.29, 1.82) is 0 Å². The molecule has 0 heterocycles. The summed E-state index contributed by atoms with van der Waals surface area (Å²) in [4.78, 5) is 0. The van der Waals surface area contributed by atoms with Crippen molar-refractivity contribution in [2.45, 2.75) is 19.4 Å². The first kappa shape index (κ1) is 6.92. The third kappa shape index (κ3) is 2.60. The standard InChI is InChI=1S/C5H12NO/c1-3-5(4-7)6-2/h5-7H,2-4H2,1H3. The van der Waals surface area contributed by atoms with Crippen LogP contribution in [0.4, 0.5) is 0 Å². The van der Waals surface area contributed by atoms with Gasteiger partial charge in [0.2, 0.25) is 0 Å². The van der Waals surface area contributed by atoms with Gasteiger partial charge in [0, 0.05) is 13.1 Å². The van der Waals surface area contributed by atoms with Crippen molar-refractivity contribution < 1.29 is 5.11 Å². The summed E-state index contributed by atoms with van der Waals surface area (Å²) in [6.07, 6.45) is 0.931. The van der Waals surface area contributed by atoms with Crippen LogP contribution in [-0.4, -0.2) is 17.8 Å². The van der Waals surface area contributed by atoms with E-state index in [9.17, 15) is 0 Å². The maximum atomic E-state index is 8.42. The lowest BCUT2D eigenvalue weighted by molar-refractivity contribution is 0.249. The van der Waals surface area contributed by atoms with E-state index in [0.29, 0.717) is 0 Å². The Morgan fingerprint density at radius 1 is 1.86 bits per heavy atom. The Balaban J connectivity index is 2.99. The molecule has 2 heteroatoms. The zero-order valence-electron chi connectivity index (χ0n) is 4.65. The van der Waals surface area contributed by atoms with E-state index in [1.165, 1.54) is 0 Å². The molecule has 0 saturated carbocycles. The topological polar surface area (TPSA) is 32.3 Å². The molecule has 43 valence electrons. The number of nitrogens with one attached hydrogen (secondary N) is 1. The molecular formula is C5H12NO. The molecule has 0 aliphatic rings. The maximum absolute atomic E-state index is 8.42. The Bertz CT molecular complexity index is 29.6. The van der Waals surface area contributed by atoms with Crippen LogP contribution >= 0.6 is 0 Å². The monoisotopic (exact) mass is 102 g/mol. The second-order valence-electron chi connectivity index (χ2n) is 1.49. The maximum Gasteiger partial charge on any atom is 0.0584 e. The predicted molar refractivity (Wildman–Crippen MR) is 29.7 cm³/mol. The second kappa shape index (κ2) is 4.09. The molecule has 7 heavy (non-hydrogen) atoms. The zero-order valence-corrected chi connectivity index (χ0v) is 4.65. The van der Waals surface area contributed by atoms with Gasteiger partial charge in [-0.2, -0.15) is 0 Å². The molecule has 0 aromatic carbocycles. The molecule has 0 aliphatic heterocycles. The van der Waals surface area contributed by atoms with E-state index < -0.39 is 0 Å². The van der Waals surface area contributed by atoms with E-state index in [2.05, 4.69) is 12.4 Å². The third-order valence-electron chi connectivity index (χ3n) is 1.00. The van der Waals surface area contributed by atoms with Crippen molar-refractivity contribution in [3.05, 3.63) is 7.05 Å². The minimum Gasteiger partial charge on any atom is -0.395 e. The predicted octanol–water partition coefficient (Wildman–Crippen LogP) is 0.138. The quantitative estimate of drug-likeness (QED) is 0.531. The SMILES string of the molecule is [CH2]NC(CC)CO. The summed E-state index contributed by atoms with van der Waals surface area (Å²) in [7, 11) is 3.42. The molecule has 0 aromatic rings. The van der Waals surface area contributed by atoms with Crippen LogP contribution in [0.15, 0.2) is 0 Å². The summed E-state index contributed by atoms with van der Waals surface area (Å²) in [5.74, 6) is 0. The van der Waals surface area contributed by atoms with Gasteiger partial charge in [-0.3, -0.25) is 0 Å². The van der Waals surface area contributed by atoms with Crippen LogP contribution < -0.4 is 5.32 Å². The van der Waals surface area contributed by atoms with Gasteiger partial charge in [-0.25, -0.2) is 0 Å². The number of rotatable bonds is 3. The number of aliphatic hydroxyl groups is 1. The Morgan fingerprint density at radius 2 is 2.43 bits per heavy atom. The molecule has 0 bridgehead atoms.